The monoisotopic (exact) mass is 489 g/mol. The summed E-state index contributed by atoms with van der Waals surface area (Å²) in [5, 5.41) is 20.0. The van der Waals surface area contributed by atoms with Crippen LogP contribution in [0.1, 0.15) is 11.1 Å². The number of nitriles is 1. The first-order valence-corrected chi connectivity index (χ1v) is 9.66. The minimum atomic E-state index is -4.93. The lowest BCUT2D eigenvalue weighted by atomic mass is 10.1. The average Bonchev–Trinajstić information content (AvgIpc) is 3.22. The van der Waals surface area contributed by atoms with Crippen molar-refractivity contribution in [3.8, 4) is 11.8 Å². The Kier molecular flexibility index (Phi) is 7.23. The van der Waals surface area contributed by atoms with Crippen LogP contribution < -0.4 is 15.0 Å². The summed E-state index contributed by atoms with van der Waals surface area (Å²) in [5.74, 6) is -0.395. The molecule has 3 rings (SSSR count). The van der Waals surface area contributed by atoms with Crippen LogP contribution in [-0.4, -0.2) is 49.3 Å². The van der Waals surface area contributed by atoms with Gasteiger partial charge in [-0.2, -0.15) is 31.6 Å². The third-order valence-electron chi connectivity index (χ3n) is 4.76. The Hall–Kier alpha value is -3.50. The number of carbonyl (C=O) groups is 1. The van der Waals surface area contributed by atoms with Crippen LogP contribution in [0.25, 0.3) is 0 Å². The third kappa shape index (κ3) is 5.89. The molecule has 0 aliphatic carbocycles. The van der Waals surface area contributed by atoms with Crippen molar-refractivity contribution in [1.82, 2.24) is 0 Å². The number of amides is 1. The largest absolute Gasteiger partial charge is 0.491 e. The molecule has 34 heavy (non-hydrogen) atoms. The average molecular weight is 489 g/mol. The second-order valence-corrected chi connectivity index (χ2v) is 7.19. The maximum absolute atomic E-state index is 13.6. The lowest BCUT2D eigenvalue weighted by Gasteiger charge is -2.27. The number of hydrogen-bond acceptors (Lipinski definition) is 6. The predicted octanol–water partition coefficient (Wildman–Crippen LogP) is 3.68. The zero-order valence-electron chi connectivity index (χ0n) is 17.2. The van der Waals surface area contributed by atoms with E-state index in [1.165, 1.54) is 30.3 Å². The molecule has 0 spiro atoms. The summed E-state index contributed by atoms with van der Waals surface area (Å²) in [6.07, 6.45) is -13.5. The molecule has 1 saturated heterocycles. The quantitative estimate of drug-likeness (QED) is 0.602. The number of hydrogen-bond donors (Lipinski definition) is 2. The molecule has 2 atom stereocenters. The van der Waals surface area contributed by atoms with E-state index in [-0.39, 0.29) is 12.4 Å². The van der Waals surface area contributed by atoms with Crippen LogP contribution in [0, 0.1) is 11.3 Å². The molecule has 1 aliphatic heterocycles. The highest BCUT2D eigenvalue weighted by molar-refractivity contribution is 5.91. The molecular formula is C21H17F6N3O4. The van der Waals surface area contributed by atoms with Gasteiger partial charge in [-0.15, -0.1) is 0 Å². The first kappa shape index (κ1) is 25.1. The number of rotatable bonds is 6. The highest BCUT2D eigenvalue weighted by Crippen LogP contribution is 2.39. The summed E-state index contributed by atoms with van der Waals surface area (Å²) >= 11 is 0. The van der Waals surface area contributed by atoms with Crippen LogP contribution in [0.15, 0.2) is 42.5 Å². The number of anilines is 2. The number of nitrogens with zero attached hydrogens (tertiary/aromatic N) is 2. The molecule has 1 fully saturated rings. The van der Waals surface area contributed by atoms with Gasteiger partial charge >= 0.3 is 12.4 Å². The lowest BCUT2D eigenvalue weighted by molar-refractivity contribution is -0.215. The van der Waals surface area contributed by atoms with E-state index in [1.807, 2.05) is 0 Å². The van der Waals surface area contributed by atoms with Crippen LogP contribution in [-0.2, 0) is 15.7 Å². The molecule has 1 amide bonds. The molecule has 182 valence electrons. The highest BCUT2D eigenvalue weighted by Gasteiger charge is 2.51. The van der Waals surface area contributed by atoms with E-state index in [9.17, 15) is 31.1 Å². The van der Waals surface area contributed by atoms with Gasteiger partial charge in [0.1, 0.15) is 25.1 Å². The van der Waals surface area contributed by atoms with Gasteiger partial charge in [0.25, 0.3) is 0 Å². The molecule has 0 saturated carbocycles. The van der Waals surface area contributed by atoms with Crippen molar-refractivity contribution in [2.75, 3.05) is 30.0 Å². The SMILES string of the molecule is N#Cc1ccc(N2CC(COc3ccc(NC(=O)CO)cc3)OC2C(F)(F)F)cc1C(F)(F)F. The van der Waals surface area contributed by atoms with Gasteiger partial charge in [0, 0.05) is 11.4 Å². The van der Waals surface area contributed by atoms with Gasteiger partial charge in [-0.3, -0.25) is 4.79 Å². The summed E-state index contributed by atoms with van der Waals surface area (Å²) in [7, 11) is 0. The van der Waals surface area contributed by atoms with Crippen LogP contribution in [0.5, 0.6) is 5.75 Å². The molecule has 2 unspecified atom stereocenters. The molecular weight excluding hydrogens is 472 g/mol. The molecule has 1 heterocycles. The number of halogens is 6. The van der Waals surface area contributed by atoms with E-state index >= 15 is 0 Å². The van der Waals surface area contributed by atoms with E-state index in [0.717, 1.165) is 12.1 Å². The summed E-state index contributed by atoms with van der Waals surface area (Å²) in [6, 6.07) is 9.42. The van der Waals surface area contributed by atoms with Crippen molar-refractivity contribution in [3.63, 3.8) is 0 Å². The topological polar surface area (TPSA) is 94.8 Å². The smallest absolute Gasteiger partial charge is 0.433 e. The first-order chi connectivity index (χ1) is 15.9. The fraction of sp³-hybridized carbons (Fsp3) is 0.333. The number of ether oxygens (including phenoxy) is 2. The lowest BCUT2D eigenvalue weighted by Crippen LogP contribution is -2.42. The van der Waals surface area contributed by atoms with Crippen LogP contribution in [0.2, 0.25) is 0 Å². The fourth-order valence-corrected chi connectivity index (χ4v) is 3.27. The maximum atomic E-state index is 13.6. The molecule has 7 nitrogen and oxygen atoms in total. The Bertz CT molecular complexity index is 1070. The normalized spacial score (nSPS) is 18.5. The van der Waals surface area contributed by atoms with Crippen molar-refractivity contribution >= 4 is 17.3 Å². The number of aliphatic hydroxyl groups is 1. The van der Waals surface area contributed by atoms with Gasteiger partial charge < -0.3 is 24.8 Å². The van der Waals surface area contributed by atoms with Gasteiger partial charge in [0.15, 0.2) is 0 Å². The van der Waals surface area contributed by atoms with E-state index in [1.54, 1.807) is 0 Å². The number of alkyl halides is 6. The standard InChI is InChI=1S/C21H17F6N3O4/c22-20(23,24)17-7-14(4-1-12(17)8-28)30-9-16(34-19(30)21(25,26)27)11-33-15-5-2-13(3-6-15)29-18(32)10-31/h1-7,16,19,31H,9-11H2,(H,29,32). The van der Waals surface area contributed by atoms with Crippen LogP contribution >= 0.6 is 0 Å². The molecule has 13 heteroatoms. The predicted molar refractivity (Wildman–Crippen MR) is 106 cm³/mol. The van der Waals surface area contributed by atoms with Crippen LogP contribution in [0.4, 0.5) is 37.7 Å². The Morgan fingerprint density at radius 3 is 2.41 bits per heavy atom. The van der Waals surface area contributed by atoms with E-state index < -0.39 is 60.6 Å². The van der Waals surface area contributed by atoms with Gasteiger partial charge in [0.2, 0.25) is 12.1 Å². The van der Waals surface area contributed by atoms with Gasteiger partial charge in [0.05, 0.1) is 23.7 Å². The minimum absolute atomic E-state index is 0.241. The van der Waals surface area contributed by atoms with Crippen molar-refractivity contribution < 1.29 is 45.7 Å². The molecule has 1 aliphatic rings. The van der Waals surface area contributed by atoms with Crippen molar-refractivity contribution in [1.29, 1.82) is 5.26 Å². The Balaban J connectivity index is 1.75. The summed E-state index contributed by atoms with van der Waals surface area (Å²) < 4.78 is 90.9. The first-order valence-electron chi connectivity index (χ1n) is 9.66. The number of carbonyl (C=O) groups excluding carboxylic acids is 1. The Labute approximate surface area is 189 Å². The number of nitrogens with one attached hydrogen (secondary N) is 1. The summed E-state index contributed by atoms with van der Waals surface area (Å²) in [5.41, 5.74) is -2.10. The van der Waals surface area contributed by atoms with E-state index in [2.05, 4.69) is 5.32 Å². The minimum Gasteiger partial charge on any atom is -0.491 e. The molecule has 2 aromatic rings. The molecule has 0 radical (unpaired) electrons. The molecule has 2 aromatic carbocycles. The van der Waals surface area contributed by atoms with E-state index in [4.69, 9.17) is 19.8 Å². The van der Waals surface area contributed by atoms with E-state index in [0.29, 0.717) is 16.7 Å². The van der Waals surface area contributed by atoms with Crippen LogP contribution in [0.3, 0.4) is 0 Å². The summed E-state index contributed by atoms with van der Waals surface area (Å²) in [4.78, 5) is 11.8. The Morgan fingerprint density at radius 2 is 1.85 bits per heavy atom. The number of benzene rings is 2. The maximum Gasteiger partial charge on any atom is 0.433 e. The zero-order valence-corrected chi connectivity index (χ0v) is 17.2. The second kappa shape index (κ2) is 9.78. The third-order valence-corrected chi connectivity index (χ3v) is 4.76. The second-order valence-electron chi connectivity index (χ2n) is 7.19. The number of aliphatic hydroxyl groups excluding tert-OH is 1. The van der Waals surface area contributed by atoms with Crippen molar-refractivity contribution in [3.05, 3.63) is 53.6 Å². The molecule has 0 aromatic heterocycles. The summed E-state index contributed by atoms with van der Waals surface area (Å²) in [6.45, 7) is -1.47. The zero-order chi connectivity index (χ0) is 25.1. The fourth-order valence-electron chi connectivity index (χ4n) is 3.27. The molecule has 0 bridgehead atoms. The van der Waals surface area contributed by atoms with Gasteiger partial charge in [-0.1, -0.05) is 0 Å². The highest BCUT2D eigenvalue weighted by atomic mass is 19.4. The van der Waals surface area contributed by atoms with Gasteiger partial charge in [-0.25, -0.2) is 0 Å². The molecule has 2 N–H and O–H groups in total. The Morgan fingerprint density at radius 1 is 1.18 bits per heavy atom. The van der Waals surface area contributed by atoms with Crippen molar-refractivity contribution in [2.45, 2.75) is 24.7 Å². The van der Waals surface area contributed by atoms with Gasteiger partial charge in [-0.05, 0) is 42.5 Å². The van der Waals surface area contributed by atoms with Crippen molar-refractivity contribution in [2.24, 2.45) is 0 Å².